The van der Waals surface area contributed by atoms with Gasteiger partial charge in [0, 0.05) is 4.90 Å². The highest BCUT2D eigenvalue weighted by molar-refractivity contribution is 8.16. The quantitative estimate of drug-likeness (QED) is 0.826. The third-order valence-corrected chi connectivity index (χ3v) is 5.36. The van der Waals surface area contributed by atoms with Gasteiger partial charge in [0.05, 0.1) is 15.0 Å². The van der Waals surface area contributed by atoms with Crippen molar-refractivity contribution in [2.75, 3.05) is 6.26 Å². The van der Waals surface area contributed by atoms with E-state index in [4.69, 9.17) is 0 Å². The maximum atomic E-state index is 12.5. The van der Waals surface area contributed by atoms with Gasteiger partial charge >= 0.3 is 0 Å². The Bertz CT molecular complexity index is 586. The van der Waals surface area contributed by atoms with E-state index in [-0.39, 0.29) is 0 Å². The number of thioether (sulfide) groups is 1. The van der Waals surface area contributed by atoms with Crippen molar-refractivity contribution in [1.29, 1.82) is 0 Å². The highest BCUT2D eigenvalue weighted by Gasteiger charge is 2.09. The zero-order valence-corrected chi connectivity index (χ0v) is 12.6. The summed E-state index contributed by atoms with van der Waals surface area (Å²) in [6.45, 7) is 2.03. The second-order valence-electron chi connectivity index (χ2n) is 4.16. The van der Waals surface area contributed by atoms with Gasteiger partial charge in [-0.2, -0.15) is 0 Å². The summed E-state index contributed by atoms with van der Waals surface area (Å²) in [6.07, 6.45) is 3.95. The van der Waals surface area contributed by atoms with E-state index in [0.717, 1.165) is 14.7 Å². The molecule has 0 unspecified atom stereocenters. The minimum absolute atomic E-state index is 0.849. The van der Waals surface area contributed by atoms with Gasteiger partial charge in [-0.25, -0.2) is 4.21 Å². The summed E-state index contributed by atoms with van der Waals surface area (Å²) in [5.74, 6) is 0. The van der Waals surface area contributed by atoms with Crippen LogP contribution in [-0.4, -0.2) is 10.5 Å². The third-order valence-electron chi connectivity index (χ3n) is 2.70. The number of benzene rings is 2. The zero-order valence-electron chi connectivity index (χ0n) is 11.0. The fourth-order valence-electron chi connectivity index (χ4n) is 1.65. The Morgan fingerprint density at radius 1 is 1.05 bits per heavy atom. The monoisotopic (exact) mass is 288 g/mol. The molecule has 0 spiro atoms. The van der Waals surface area contributed by atoms with Crippen LogP contribution in [0.3, 0.4) is 0 Å². The van der Waals surface area contributed by atoms with E-state index in [9.17, 15) is 4.21 Å². The van der Waals surface area contributed by atoms with Crippen LogP contribution in [0.25, 0.3) is 6.08 Å². The molecule has 98 valence electrons. The molecule has 0 saturated heterocycles. The number of hydrogen-bond acceptors (Lipinski definition) is 2. The van der Waals surface area contributed by atoms with Gasteiger partial charge in [-0.15, -0.1) is 11.8 Å². The number of hydrogen-bond donors (Lipinski definition) is 0. The van der Waals surface area contributed by atoms with Crippen molar-refractivity contribution >= 4 is 28.6 Å². The standard InChI is InChI=1S/C16H16OS2/c1-13-8-10-15(11-9-13)19(17)16(18-2)12-14-6-4-3-5-7-14/h3-12H,1-2H3/b16-12+/t19-/m1/s1. The fraction of sp³-hybridized carbons (Fsp3) is 0.125. The maximum absolute atomic E-state index is 12.5. The lowest BCUT2D eigenvalue weighted by Crippen LogP contribution is -1.93. The van der Waals surface area contributed by atoms with Gasteiger partial charge in [-0.3, -0.25) is 0 Å². The van der Waals surface area contributed by atoms with Gasteiger partial charge in [0.1, 0.15) is 0 Å². The molecular weight excluding hydrogens is 272 g/mol. The highest BCUT2D eigenvalue weighted by Crippen LogP contribution is 2.25. The Kier molecular flexibility index (Phi) is 5.00. The molecule has 0 aliphatic rings. The summed E-state index contributed by atoms with van der Waals surface area (Å²) >= 11 is 1.53. The van der Waals surface area contributed by atoms with Crippen molar-refractivity contribution in [1.82, 2.24) is 0 Å². The Morgan fingerprint density at radius 2 is 1.68 bits per heavy atom. The van der Waals surface area contributed by atoms with E-state index in [1.165, 1.54) is 17.3 Å². The molecule has 3 heteroatoms. The topological polar surface area (TPSA) is 17.1 Å². The van der Waals surface area contributed by atoms with Crippen LogP contribution in [0.1, 0.15) is 11.1 Å². The summed E-state index contributed by atoms with van der Waals surface area (Å²) in [5, 5.41) is 0. The van der Waals surface area contributed by atoms with Crippen LogP contribution in [0.15, 0.2) is 63.7 Å². The van der Waals surface area contributed by atoms with Crippen molar-refractivity contribution in [3.63, 3.8) is 0 Å². The molecule has 0 aliphatic heterocycles. The normalized spacial score (nSPS) is 13.3. The smallest absolute Gasteiger partial charge is 0.0914 e. The minimum Gasteiger partial charge on any atom is -0.249 e. The lowest BCUT2D eigenvalue weighted by Gasteiger charge is -2.05. The molecule has 1 atom stereocenters. The second kappa shape index (κ2) is 6.73. The molecule has 2 aromatic carbocycles. The SMILES string of the molecule is CS/C(=C\c1ccccc1)[S@](=O)c1ccc(C)cc1. The number of rotatable bonds is 4. The second-order valence-corrected chi connectivity index (χ2v) is 6.72. The summed E-state index contributed by atoms with van der Waals surface area (Å²) in [4.78, 5) is 0.849. The third kappa shape index (κ3) is 3.82. The van der Waals surface area contributed by atoms with Crippen molar-refractivity contribution < 1.29 is 4.21 Å². The Labute approximate surface area is 121 Å². The average Bonchev–Trinajstić information content (AvgIpc) is 2.46. The predicted octanol–water partition coefficient (Wildman–Crippen LogP) is 4.46. The van der Waals surface area contributed by atoms with E-state index in [1.54, 1.807) is 0 Å². The van der Waals surface area contributed by atoms with E-state index in [2.05, 4.69) is 0 Å². The molecular formula is C16H16OS2. The first kappa shape index (κ1) is 14.1. The van der Waals surface area contributed by atoms with Crippen molar-refractivity contribution in [2.45, 2.75) is 11.8 Å². The first-order valence-electron chi connectivity index (χ1n) is 6.00. The van der Waals surface area contributed by atoms with Crippen LogP contribution >= 0.6 is 11.8 Å². The predicted molar refractivity (Wildman–Crippen MR) is 85.5 cm³/mol. The van der Waals surface area contributed by atoms with E-state index in [1.807, 2.05) is 73.9 Å². The maximum Gasteiger partial charge on any atom is 0.0914 e. The Hall–Kier alpha value is -1.32. The van der Waals surface area contributed by atoms with E-state index < -0.39 is 10.8 Å². The largest absolute Gasteiger partial charge is 0.249 e. The zero-order chi connectivity index (χ0) is 13.7. The summed E-state index contributed by atoms with van der Waals surface area (Å²) in [7, 11) is -1.11. The molecule has 2 rings (SSSR count). The molecule has 2 aromatic rings. The lowest BCUT2D eigenvalue weighted by atomic mass is 10.2. The first-order valence-corrected chi connectivity index (χ1v) is 8.37. The Morgan fingerprint density at radius 3 is 2.26 bits per heavy atom. The van der Waals surface area contributed by atoms with Gasteiger partial charge in [0.25, 0.3) is 0 Å². The fourth-order valence-corrected chi connectivity index (χ4v) is 3.66. The van der Waals surface area contributed by atoms with Gasteiger partial charge in [0.2, 0.25) is 0 Å². The minimum atomic E-state index is -1.11. The van der Waals surface area contributed by atoms with Crippen molar-refractivity contribution in [3.8, 4) is 0 Å². The van der Waals surface area contributed by atoms with Gasteiger partial charge in [-0.05, 0) is 37.0 Å². The van der Waals surface area contributed by atoms with Crippen molar-refractivity contribution in [3.05, 3.63) is 70.0 Å². The van der Waals surface area contributed by atoms with E-state index >= 15 is 0 Å². The molecule has 1 nitrogen and oxygen atoms in total. The van der Waals surface area contributed by atoms with E-state index in [0.29, 0.717) is 0 Å². The van der Waals surface area contributed by atoms with Crippen LogP contribution in [0.2, 0.25) is 0 Å². The van der Waals surface area contributed by atoms with Crippen LogP contribution in [-0.2, 0) is 10.8 Å². The molecule has 0 N–H and O–H groups in total. The molecule has 0 heterocycles. The first-order chi connectivity index (χ1) is 9.20. The summed E-state index contributed by atoms with van der Waals surface area (Å²) < 4.78 is 13.4. The highest BCUT2D eigenvalue weighted by atomic mass is 32.2. The molecule has 19 heavy (non-hydrogen) atoms. The van der Waals surface area contributed by atoms with Gasteiger partial charge in [-0.1, -0.05) is 48.0 Å². The molecule has 0 amide bonds. The van der Waals surface area contributed by atoms with Crippen LogP contribution in [0.4, 0.5) is 0 Å². The summed E-state index contributed by atoms with van der Waals surface area (Å²) in [5.41, 5.74) is 2.26. The van der Waals surface area contributed by atoms with Crippen LogP contribution < -0.4 is 0 Å². The molecule has 0 radical (unpaired) electrons. The van der Waals surface area contributed by atoms with Crippen LogP contribution in [0, 0.1) is 6.92 Å². The molecule has 0 fully saturated rings. The summed E-state index contributed by atoms with van der Waals surface area (Å²) in [6, 6.07) is 17.8. The average molecular weight is 288 g/mol. The lowest BCUT2D eigenvalue weighted by molar-refractivity contribution is 0.688. The molecule has 0 saturated carbocycles. The van der Waals surface area contributed by atoms with Crippen LogP contribution in [0.5, 0.6) is 0 Å². The Balaban J connectivity index is 2.29. The van der Waals surface area contributed by atoms with Crippen molar-refractivity contribution in [2.24, 2.45) is 0 Å². The van der Waals surface area contributed by atoms with Gasteiger partial charge < -0.3 is 0 Å². The molecule has 0 bridgehead atoms. The number of aryl methyl sites for hydroxylation is 1. The van der Waals surface area contributed by atoms with Gasteiger partial charge in [0.15, 0.2) is 0 Å². The molecule has 0 aliphatic carbocycles. The molecule has 0 aromatic heterocycles.